The summed E-state index contributed by atoms with van der Waals surface area (Å²) in [5, 5.41) is 16.5. The molecule has 0 unspecified atom stereocenters. The molecule has 0 aliphatic carbocycles. The Kier molecular flexibility index (Phi) is 4.06. The fourth-order valence-electron chi connectivity index (χ4n) is 3.95. The number of nitrogens with zero attached hydrogens (tertiary/aromatic N) is 2. The number of hydrogen-bond donors (Lipinski definition) is 2. The average molecular weight is 389 g/mol. The van der Waals surface area contributed by atoms with Gasteiger partial charge in [0.15, 0.2) is 9.84 Å². The van der Waals surface area contributed by atoms with E-state index in [0.717, 1.165) is 16.8 Å². The van der Waals surface area contributed by atoms with Crippen LogP contribution in [0.3, 0.4) is 0 Å². The highest BCUT2D eigenvalue weighted by Gasteiger charge is 2.37. The summed E-state index contributed by atoms with van der Waals surface area (Å²) in [6, 6.07) is 6.19. The van der Waals surface area contributed by atoms with E-state index in [9.17, 15) is 18.0 Å². The number of amides is 1. The van der Waals surface area contributed by atoms with Crippen molar-refractivity contribution in [3.8, 4) is 0 Å². The second-order valence-corrected chi connectivity index (χ2v) is 9.31. The Bertz CT molecular complexity index is 1040. The molecule has 9 heteroatoms. The van der Waals surface area contributed by atoms with Crippen molar-refractivity contribution in [3.63, 3.8) is 0 Å². The Balaban J connectivity index is 1.76. The van der Waals surface area contributed by atoms with Gasteiger partial charge in [-0.3, -0.25) is 4.79 Å². The van der Waals surface area contributed by atoms with Gasteiger partial charge in [-0.1, -0.05) is 12.1 Å². The predicted molar refractivity (Wildman–Crippen MR) is 97.8 cm³/mol. The van der Waals surface area contributed by atoms with Crippen molar-refractivity contribution in [1.82, 2.24) is 9.78 Å². The van der Waals surface area contributed by atoms with Gasteiger partial charge >= 0.3 is 5.97 Å². The quantitative estimate of drug-likeness (QED) is 0.825. The Morgan fingerprint density at radius 2 is 2.00 bits per heavy atom. The van der Waals surface area contributed by atoms with Crippen LogP contribution in [0.25, 0.3) is 0 Å². The van der Waals surface area contributed by atoms with Crippen LogP contribution in [0.2, 0.25) is 0 Å². The topological polar surface area (TPSA) is 118 Å². The van der Waals surface area contributed by atoms with Gasteiger partial charge in [0.1, 0.15) is 5.82 Å². The Hall–Kier alpha value is -2.68. The summed E-state index contributed by atoms with van der Waals surface area (Å²) in [4.78, 5) is 23.4. The normalized spacial score (nSPS) is 23.7. The van der Waals surface area contributed by atoms with Gasteiger partial charge < -0.3 is 10.4 Å². The van der Waals surface area contributed by atoms with E-state index in [1.807, 2.05) is 6.92 Å². The predicted octanol–water partition coefficient (Wildman–Crippen LogP) is 1.72. The Labute approximate surface area is 156 Å². The van der Waals surface area contributed by atoms with E-state index in [4.69, 9.17) is 5.11 Å². The minimum atomic E-state index is -3.08. The first-order valence-corrected chi connectivity index (χ1v) is 10.5. The number of carboxylic acid groups (broad SMARTS) is 1. The van der Waals surface area contributed by atoms with Gasteiger partial charge in [-0.2, -0.15) is 5.10 Å². The molecule has 0 radical (unpaired) electrons. The molecule has 2 aliphatic rings. The minimum Gasteiger partial charge on any atom is -0.478 e. The molecule has 4 rings (SSSR count). The molecule has 27 heavy (non-hydrogen) atoms. The first-order valence-electron chi connectivity index (χ1n) is 8.67. The fraction of sp³-hybridized carbons (Fsp3) is 0.389. The molecular weight excluding hydrogens is 370 g/mol. The van der Waals surface area contributed by atoms with Crippen molar-refractivity contribution in [2.45, 2.75) is 31.7 Å². The van der Waals surface area contributed by atoms with Crippen LogP contribution in [0.1, 0.15) is 52.0 Å². The summed E-state index contributed by atoms with van der Waals surface area (Å²) in [7, 11) is -3.08. The number of hydrogen-bond acceptors (Lipinski definition) is 5. The maximum atomic E-state index is 12.3. The number of nitrogens with one attached hydrogen (secondary N) is 1. The second-order valence-electron chi connectivity index (χ2n) is 7.08. The molecule has 1 fully saturated rings. The lowest BCUT2D eigenvalue weighted by Gasteiger charge is -2.25. The molecule has 2 N–H and O–H groups in total. The number of rotatable bonds is 3. The first kappa shape index (κ1) is 17.7. The zero-order chi connectivity index (χ0) is 19.3. The number of carbonyl (C=O) groups is 2. The summed E-state index contributed by atoms with van der Waals surface area (Å²) in [6.07, 6.45) is 0.707. The van der Waals surface area contributed by atoms with Crippen LogP contribution >= 0.6 is 0 Å². The number of aromatic carboxylic acids is 1. The van der Waals surface area contributed by atoms with Gasteiger partial charge in [0.05, 0.1) is 28.8 Å². The zero-order valence-electron chi connectivity index (χ0n) is 14.7. The highest BCUT2D eigenvalue weighted by molar-refractivity contribution is 7.91. The summed E-state index contributed by atoms with van der Waals surface area (Å²) >= 11 is 0. The van der Waals surface area contributed by atoms with Crippen molar-refractivity contribution in [3.05, 3.63) is 46.6 Å². The molecule has 0 saturated carbocycles. The third kappa shape index (κ3) is 3.12. The van der Waals surface area contributed by atoms with Crippen LogP contribution in [0.5, 0.6) is 0 Å². The summed E-state index contributed by atoms with van der Waals surface area (Å²) in [5.74, 6) is -0.721. The summed E-state index contributed by atoms with van der Waals surface area (Å²) < 4.78 is 25.3. The van der Waals surface area contributed by atoms with Crippen molar-refractivity contribution >= 4 is 27.5 Å². The minimum absolute atomic E-state index is 0.0222. The SMILES string of the molecule is Cc1nn([C@@H]2CCS(=O)(=O)C2)c2c1[C@@H](c1ccc(C(=O)O)cc1)CC(=O)N2. The van der Waals surface area contributed by atoms with E-state index in [2.05, 4.69) is 10.4 Å². The number of anilines is 1. The molecule has 2 aromatic rings. The molecule has 0 bridgehead atoms. The monoisotopic (exact) mass is 389 g/mol. The zero-order valence-corrected chi connectivity index (χ0v) is 15.5. The Morgan fingerprint density at radius 3 is 2.59 bits per heavy atom. The molecule has 142 valence electrons. The second kappa shape index (κ2) is 6.19. The summed E-state index contributed by atoms with van der Waals surface area (Å²) in [6.45, 7) is 1.84. The maximum absolute atomic E-state index is 12.3. The van der Waals surface area contributed by atoms with Crippen molar-refractivity contribution < 1.29 is 23.1 Å². The molecule has 3 heterocycles. The van der Waals surface area contributed by atoms with Crippen LogP contribution in [-0.4, -0.2) is 46.7 Å². The van der Waals surface area contributed by atoms with Crippen LogP contribution in [0, 0.1) is 6.92 Å². The molecular formula is C18H19N3O5S. The van der Waals surface area contributed by atoms with Crippen molar-refractivity contribution in [2.75, 3.05) is 16.8 Å². The van der Waals surface area contributed by atoms with E-state index in [0.29, 0.717) is 12.2 Å². The van der Waals surface area contributed by atoms with E-state index < -0.39 is 15.8 Å². The molecule has 0 spiro atoms. The molecule has 2 atom stereocenters. The lowest BCUT2D eigenvalue weighted by molar-refractivity contribution is -0.116. The third-order valence-electron chi connectivity index (χ3n) is 5.24. The lowest BCUT2D eigenvalue weighted by atomic mass is 9.85. The standard InChI is InChI=1S/C18H19N3O5S/c1-10-16-14(11-2-4-12(5-3-11)18(23)24)8-15(22)19-17(16)21(20-10)13-6-7-27(25,26)9-13/h2-5,13-14H,6-9H2,1H3,(H,19,22)(H,23,24)/t13-,14-/m1/s1. The van der Waals surface area contributed by atoms with E-state index in [1.54, 1.807) is 16.8 Å². The van der Waals surface area contributed by atoms with E-state index in [1.165, 1.54) is 12.1 Å². The fourth-order valence-corrected chi connectivity index (χ4v) is 5.64. The van der Waals surface area contributed by atoms with Gasteiger partial charge in [-0.15, -0.1) is 0 Å². The highest BCUT2D eigenvalue weighted by Crippen LogP contribution is 2.41. The molecule has 1 amide bonds. The van der Waals surface area contributed by atoms with Crippen molar-refractivity contribution in [2.24, 2.45) is 0 Å². The van der Waals surface area contributed by atoms with E-state index >= 15 is 0 Å². The number of carbonyl (C=O) groups excluding carboxylic acids is 1. The van der Waals surface area contributed by atoms with E-state index in [-0.39, 0.29) is 41.4 Å². The number of benzene rings is 1. The van der Waals surface area contributed by atoms with Gasteiger partial charge in [0.2, 0.25) is 5.91 Å². The largest absolute Gasteiger partial charge is 0.478 e. The first-order chi connectivity index (χ1) is 12.7. The number of aromatic nitrogens is 2. The molecule has 2 aliphatic heterocycles. The van der Waals surface area contributed by atoms with Gasteiger partial charge in [0, 0.05) is 17.9 Å². The molecule has 1 aromatic carbocycles. The smallest absolute Gasteiger partial charge is 0.335 e. The highest BCUT2D eigenvalue weighted by atomic mass is 32.2. The molecule has 8 nitrogen and oxygen atoms in total. The maximum Gasteiger partial charge on any atom is 0.335 e. The molecule has 1 saturated heterocycles. The Morgan fingerprint density at radius 1 is 1.30 bits per heavy atom. The van der Waals surface area contributed by atoms with Crippen molar-refractivity contribution in [1.29, 1.82) is 0 Å². The lowest BCUT2D eigenvalue weighted by Crippen LogP contribution is -2.26. The van der Waals surface area contributed by atoms with Gasteiger partial charge in [-0.05, 0) is 31.0 Å². The number of carboxylic acids is 1. The van der Waals surface area contributed by atoms with Crippen LogP contribution < -0.4 is 5.32 Å². The third-order valence-corrected chi connectivity index (χ3v) is 6.99. The summed E-state index contributed by atoms with van der Waals surface area (Å²) in [5.41, 5.74) is 2.61. The number of sulfone groups is 1. The van der Waals surface area contributed by atoms with Crippen LogP contribution in [0.4, 0.5) is 5.82 Å². The average Bonchev–Trinajstić information content (AvgIpc) is 3.13. The molecule has 1 aromatic heterocycles. The number of fused-ring (bicyclic) bond motifs is 1. The van der Waals surface area contributed by atoms with Crippen LogP contribution in [0.15, 0.2) is 24.3 Å². The van der Waals surface area contributed by atoms with Gasteiger partial charge in [-0.25, -0.2) is 17.9 Å². The van der Waals surface area contributed by atoms with Gasteiger partial charge in [0.25, 0.3) is 0 Å². The van der Waals surface area contributed by atoms with Crippen LogP contribution in [-0.2, 0) is 14.6 Å². The number of aryl methyl sites for hydroxylation is 1.